The summed E-state index contributed by atoms with van der Waals surface area (Å²) in [4.78, 5) is 11.1. The van der Waals surface area contributed by atoms with Crippen LogP contribution in [0.4, 0.5) is 22.0 Å². The van der Waals surface area contributed by atoms with Crippen molar-refractivity contribution in [2.24, 2.45) is 0 Å². The summed E-state index contributed by atoms with van der Waals surface area (Å²) in [6.45, 7) is 0. The third-order valence-corrected chi connectivity index (χ3v) is 2.88. The van der Waals surface area contributed by atoms with Crippen LogP contribution in [0.25, 0.3) is 16.3 Å². The fraction of sp³-hybridized carbons (Fsp3) is 0.0714. The largest absolute Gasteiger partial charge is 0.478 e. The number of hydrogen-bond donors (Lipinski definition) is 1. The van der Waals surface area contributed by atoms with E-state index in [-0.39, 0.29) is 10.8 Å². The van der Waals surface area contributed by atoms with Crippen LogP contribution in [0.5, 0.6) is 0 Å². The molecule has 2 aromatic carbocycles. The molecule has 0 aromatic heterocycles. The van der Waals surface area contributed by atoms with Gasteiger partial charge < -0.3 is 5.11 Å². The van der Waals surface area contributed by atoms with Crippen molar-refractivity contribution in [3.05, 3.63) is 53.6 Å². The summed E-state index contributed by atoms with van der Waals surface area (Å²) in [7, 11) is 0. The Morgan fingerprint density at radius 3 is 2.14 bits per heavy atom. The van der Waals surface area contributed by atoms with Gasteiger partial charge in [-0.05, 0) is 16.8 Å². The summed E-state index contributed by atoms with van der Waals surface area (Å²) in [5.74, 6) is -1.71. The summed E-state index contributed by atoms with van der Waals surface area (Å²) in [5, 5.41) is 9.03. The van der Waals surface area contributed by atoms with Crippen LogP contribution >= 0.6 is 0 Å². The highest BCUT2D eigenvalue weighted by Crippen LogP contribution is 2.41. The van der Waals surface area contributed by atoms with Crippen LogP contribution in [-0.4, -0.2) is 17.3 Å². The SMILES string of the molecule is O=C(O)c1ccc2ccccc2c1C(=C(F)F)C(F)(F)F. The fourth-order valence-electron chi connectivity index (χ4n) is 2.06. The van der Waals surface area contributed by atoms with Gasteiger partial charge in [0.05, 0.1) is 5.56 Å². The number of carbonyl (C=O) groups is 1. The first-order valence-corrected chi connectivity index (χ1v) is 5.61. The van der Waals surface area contributed by atoms with Crippen molar-refractivity contribution >= 4 is 22.3 Å². The molecule has 2 aromatic rings. The molecule has 2 rings (SSSR count). The summed E-state index contributed by atoms with van der Waals surface area (Å²) >= 11 is 0. The maximum atomic E-state index is 12.9. The zero-order valence-electron chi connectivity index (χ0n) is 10.2. The van der Waals surface area contributed by atoms with Gasteiger partial charge in [0.2, 0.25) is 0 Å². The molecule has 0 radical (unpaired) electrons. The number of benzene rings is 2. The molecule has 0 unspecified atom stereocenters. The molecule has 110 valence electrons. The van der Waals surface area contributed by atoms with Crippen LogP contribution in [0.15, 0.2) is 42.5 Å². The van der Waals surface area contributed by atoms with Crippen LogP contribution in [0.2, 0.25) is 0 Å². The quantitative estimate of drug-likeness (QED) is 0.816. The average molecular weight is 302 g/mol. The number of alkyl halides is 3. The number of carboxylic acids is 1. The Morgan fingerprint density at radius 1 is 1.00 bits per heavy atom. The third-order valence-electron chi connectivity index (χ3n) is 2.88. The van der Waals surface area contributed by atoms with E-state index in [2.05, 4.69) is 0 Å². The molecule has 0 spiro atoms. The monoisotopic (exact) mass is 302 g/mol. The molecule has 0 aliphatic heterocycles. The number of rotatable bonds is 2. The van der Waals surface area contributed by atoms with Gasteiger partial charge in [0.1, 0.15) is 5.57 Å². The number of hydrogen-bond acceptors (Lipinski definition) is 1. The highest BCUT2D eigenvalue weighted by atomic mass is 19.4. The molecule has 0 bridgehead atoms. The lowest BCUT2D eigenvalue weighted by molar-refractivity contribution is -0.0710. The fourth-order valence-corrected chi connectivity index (χ4v) is 2.06. The molecular formula is C14H7F5O2. The van der Waals surface area contributed by atoms with Crippen molar-refractivity contribution in [1.29, 1.82) is 0 Å². The topological polar surface area (TPSA) is 37.3 Å². The molecular weight excluding hydrogens is 295 g/mol. The van der Waals surface area contributed by atoms with Crippen molar-refractivity contribution in [2.45, 2.75) is 6.18 Å². The van der Waals surface area contributed by atoms with E-state index in [0.29, 0.717) is 0 Å². The van der Waals surface area contributed by atoms with Gasteiger partial charge in [-0.3, -0.25) is 0 Å². The molecule has 0 saturated carbocycles. The number of fused-ring (bicyclic) bond motifs is 1. The molecule has 21 heavy (non-hydrogen) atoms. The number of allylic oxidation sites excluding steroid dienone is 1. The number of carboxylic acid groups (broad SMARTS) is 1. The van der Waals surface area contributed by atoms with Gasteiger partial charge in [0, 0.05) is 5.56 Å². The van der Waals surface area contributed by atoms with Gasteiger partial charge in [0.25, 0.3) is 6.08 Å². The number of halogens is 5. The highest BCUT2D eigenvalue weighted by Gasteiger charge is 2.41. The molecule has 0 fully saturated rings. The minimum atomic E-state index is -5.37. The van der Waals surface area contributed by atoms with Gasteiger partial charge in [-0.15, -0.1) is 0 Å². The normalized spacial score (nSPS) is 11.5. The minimum absolute atomic E-state index is 0.197. The first-order chi connectivity index (χ1) is 9.73. The molecule has 0 aliphatic carbocycles. The van der Waals surface area contributed by atoms with Gasteiger partial charge in [-0.2, -0.15) is 22.0 Å². The second kappa shape index (κ2) is 5.16. The lowest BCUT2D eigenvalue weighted by Crippen LogP contribution is -2.15. The predicted molar refractivity (Wildman–Crippen MR) is 66.1 cm³/mol. The van der Waals surface area contributed by atoms with E-state index in [1.54, 1.807) is 0 Å². The lowest BCUT2D eigenvalue weighted by Gasteiger charge is -2.15. The maximum Gasteiger partial charge on any atom is 0.422 e. The van der Waals surface area contributed by atoms with Crippen molar-refractivity contribution in [1.82, 2.24) is 0 Å². The first-order valence-electron chi connectivity index (χ1n) is 5.61. The molecule has 0 atom stereocenters. The molecule has 0 aliphatic rings. The first kappa shape index (κ1) is 15.0. The van der Waals surface area contributed by atoms with E-state index >= 15 is 0 Å². The highest BCUT2D eigenvalue weighted by molar-refractivity contribution is 6.05. The standard InChI is InChI=1S/C14H7F5O2/c15-12(16)11(14(17,18)19)10-8-4-2-1-3-7(8)5-6-9(10)13(20)21/h1-6H,(H,20,21). The van der Waals surface area contributed by atoms with E-state index in [9.17, 15) is 26.7 Å². The van der Waals surface area contributed by atoms with Crippen LogP contribution in [0.3, 0.4) is 0 Å². The summed E-state index contributed by atoms with van der Waals surface area (Å²) in [6, 6.07) is 7.60. The Morgan fingerprint density at radius 2 is 1.62 bits per heavy atom. The van der Waals surface area contributed by atoms with E-state index in [0.717, 1.165) is 6.07 Å². The predicted octanol–water partition coefficient (Wildman–Crippen LogP) is 4.71. The molecule has 1 N–H and O–H groups in total. The van der Waals surface area contributed by atoms with Gasteiger partial charge in [-0.1, -0.05) is 30.3 Å². The Labute approximate surface area is 115 Å². The zero-order valence-corrected chi connectivity index (χ0v) is 10.2. The number of aromatic carboxylic acids is 1. The second-order valence-electron chi connectivity index (χ2n) is 4.15. The summed E-state index contributed by atoms with van der Waals surface area (Å²) < 4.78 is 64.3. The van der Waals surface area contributed by atoms with Crippen LogP contribution in [-0.2, 0) is 0 Å². The molecule has 7 heteroatoms. The van der Waals surface area contributed by atoms with E-state index in [1.165, 1.54) is 30.3 Å². The van der Waals surface area contributed by atoms with Gasteiger partial charge >= 0.3 is 12.1 Å². The lowest BCUT2D eigenvalue weighted by atomic mass is 9.93. The minimum Gasteiger partial charge on any atom is -0.478 e. The molecule has 0 heterocycles. The van der Waals surface area contributed by atoms with Gasteiger partial charge in [0.15, 0.2) is 0 Å². The molecule has 0 amide bonds. The molecule has 2 nitrogen and oxygen atoms in total. The third kappa shape index (κ3) is 2.72. The van der Waals surface area contributed by atoms with Crippen LogP contribution < -0.4 is 0 Å². The summed E-state index contributed by atoms with van der Waals surface area (Å²) in [5.41, 5.74) is -4.07. The van der Waals surface area contributed by atoms with Crippen molar-refractivity contribution in [3.63, 3.8) is 0 Å². The van der Waals surface area contributed by atoms with E-state index < -0.39 is 34.9 Å². The van der Waals surface area contributed by atoms with Gasteiger partial charge in [-0.25, -0.2) is 4.79 Å². The van der Waals surface area contributed by atoms with Crippen molar-refractivity contribution < 1.29 is 31.9 Å². The average Bonchev–Trinajstić information content (AvgIpc) is 2.36. The second-order valence-corrected chi connectivity index (χ2v) is 4.15. The Bertz CT molecular complexity index is 743. The Hall–Kier alpha value is -2.44. The van der Waals surface area contributed by atoms with Crippen LogP contribution in [0, 0.1) is 0 Å². The zero-order chi connectivity index (χ0) is 15.8. The maximum absolute atomic E-state index is 12.9. The van der Waals surface area contributed by atoms with E-state index in [1.807, 2.05) is 0 Å². The molecule has 0 saturated heterocycles. The van der Waals surface area contributed by atoms with Crippen molar-refractivity contribution in [3.8, 4) is 0 Å². The van der Waals surface area contributed by atoms with Crippen molar-refractivity contribution in [2.75, 3.05) is 0 Å². The Balaban J connectivity index is 2.97. The van der Waals surface area contributed by atoms with Crippen LogP contribution in [0.1, 0.15) is 15.9 Å². The Kier molecular flexibility index (Phi) is 3.67. The summed E-state index contributed by atoms with van der Waals surface area (Å²) in [6.07, 6.45) is -8.34. The van der Waals surface area contributed by atoms with E-state index in [4.69, 9.17) is 5.11 Å². The smallest absolute Gasteiger partial charge is 0.422 e.